The van der Waals surface area contributed by atoms with Crippen molar-refractivity contribution in [2.45, 2.75) is 53.6 Å². The van der Waals surface area contributed by atoms with Gasteiger partial charge in [-0.15, -0.1) is 0 Å². The van der Waals surface area contributed by atoms with Crippen molar-refractivity contribution in [3.63, 3.8) is 0 Å². The summed E-state index contributed by atoms with van der Waals surface area (Å²) < 4.78 is 0. The molecule has 1 unspecified atom stereocenters. The molecule has 19 heavy (non-hydrogen) atoms. The maximum Gasteiger partial charge on any atom is 0.0600 e. The standard InChI is InChI=1S/C16H29N3/c1-6-14(5)19(7-2)16-12-17-9-8-15(16)11-18-10-13(3)4/h8-9,12-14,18H,6-7,10-11H2,1-5H3. The molecule has 0 aliphatic carbocycles. The summed E-state index contributed by atoms with van der Waals surface area (Å²) in [4.78, 5) is 6.75. The predicted molar refractivity (Wildman–Crippen MR) is 83.6 cm³/mol. The van der Waals surface area contributed by atoms with Crippen molar-refractivity contribution in [2.75, 3.05) is 18.0 Å². The van der Waals surface area contributed by atoms with Crippen LogP contribution in [0.2, 0.25) is 0 Å². The highest BCUT2D eigenvalue weighted by molar-refractivity contribution is 5.52. The highest BCUT2D eigenvalue weighted by Crippen LogP contribution is 2.22. The van der Waals surface area contributed by atoms with Crippen LogP contribution >= 0.6 is 0 Å². The first-order valence-electron chi connectivity index (χ1n) is 7.50. The lowest BCUT2D eigenvalue weighted by atomic mass is 10.1. The number of rotatable bonds is 8. The monoisotopic (exact) mass is 263 g/mol. The van der Waals surface area contributed by atoms with Crippen molar-refractivity contribution in [3.05, 3.63) is 24.0 Å². The molecule has 1 N–H and O–H groups in total. The molecular formula is C16H29N3. The van der Waals surface area contributed by atoms with Crippen LogP contribution < -0.4 is 10.2 Å². The molecule has 0 amide bonds. The minimum atomic E-state index is 0.554. The minimum Gasteiger partial charge on any atom is -0.368 e. The van der Waals surface area contributed by atoms with Crippen LogP contribution in [0.4, 0.5) is 5.69 Å². The predicted octanol–water partition coefficient (Wildman–Crippen LogP) is 3.45. The average Bonchev–Trinajstić information content (AvgIpc) is 2.40. The number of anilines is 1. The third-order valence-corrected chi connectivity index (χ3v) is 3.53. The van der Waals surface area contributed by atoms with E-state index in [1.54, 1.807) is 0 Å². The van der Waals surface area contributed by atoms with Crippen LogP contribution in [0.1, 0.15) is 46.6 Å². The van der Waals surface area contributed by atoms with E-state index in [0.717, 1.165) is 26.1 Å². The average molecular weight is 263 g/mol. The van der Waals surface area contributed by atoms with Gasteiger partial charge in [0.2, 0.25) is 0 Å². The van der Waals surface area contributed by atoms with Gasteiger partial charge in [-0.3, -0.25) is 4.98 Å². The topological polar surface area (TPSA) is 28.2 Å². The van der Waals surface area contributed by atoms with E-state index >= 15 is 0 Å². The van der Waals surface area contributed by atoms with E-state index in [0.29, 0.717) is 12.0 Å². The van der Waals surface area contributed by atoms with Crippen molar-refractivity contribution < 1.29 is 0 Å². The Hall–Kier alpha value is -1.09. The first kappa shape index (κ1) is 16.0. The zero-order valence-electron chi connectivity index (χ0n) is 13.1. The largest absolute Gasteiger partial charge is 0.368 e. The fourth-order valence-corrected chi connectivity index (χ4v) is 2.26. The molecular weight excluding hydrogens is 234 g/mol. The summed E-state index contributed by atoms with van der Waals surface area (Å²) >= 11 is 0. The molecule has 1 atom stereocenters. The summed E-state index contributed by atoms with van der Waals surface area (Å²) in [5.74, 6) is 0.683. The van der Waals surface area contributed by atoms with E-state index in [1.807, 2.05) is 12.4 Å². The molecule has 108 valence electrons. The Morgan fingerprint density at radius 2 is 2.00 bits per heavy atom. The molecule has 0 aliphatic heterocycles. The van der Waals surface area contributed by atoms with Crippen molar-refractivity contribution in [3.8, 4) is 0 Å². The second kappa shape index (κ2) is 8.16. The van der Waals surface area contributed by atoms with Gasteiger partial charge in [0.25, 0.3) is 0 Å². The van der Waals surface area contributed by atoms with Gasteiger partial charge in [0, 0.05) is 25.3 Å². The normalized spacial score (nSPS) is 12.7. The summed E-state index contributed by atoms with van der Waals surface area (Å²) in [5, 5.41) is 3.52. The third-order valence-electron chi connectivity index (χ3n) is 3.53. The summed E-state index contributed by atoms with van der Waals surface area (Å²) in [6, 6.07) is 2.69. The van der Waals surface area contributed by atoms with Gasteiger partial charge in [0.1, 0.15) is 0 Å². The van der Waals surface area contributed by atoms with Crippen LogP contribution in [0.3, 0.4) is 0 Å². The Balaban J connectivity index is 2.81. The maximum atomic E-state index is 4.30. The molecule has 0 bridgehead atoms. The van der Waals surface area contributed by atoms with Crippen molar-refractivity contribution in [1.82, 2.24) is 10.3 Å². The smallest absolute Gasteiger partial charge is 0.0600 e. The SMILES string of the molecule is CCC(C)N(CC)c1cnccc1CNCC(C)C. The second-order valence-corrected chi connectivity index (χ2v) is 5.57. The van der Waals surface area contributed by atoms with Gasteiger partial charge in [0.15, 0.2) is 0 Å². The van der Waals surface area contributed by atoms with Gasteiger partial charge in [-0.05, 0) is 44.4 Å². The second-order valence-electron chi connectivity index (χ2n) is 5.57. The molecule has 0 aromatic carbocycles. The Labute approximate surface area is 118 Å². The molecule has 0 spiro atoms. The fourth-order valence-electron chi connectivity index (χ4n) is 2.26. The van der Waals surface area contributed by atoms with E-state index in [2.05, 4.69) is 55.9 Å². The minimum absolute atomic E-state index is 0.554. The molecule has 3 heteroatoms. The van der Waals surface area contributed by atoms with Crippen LogP contribution in [-0.2, 0) is 6.54 Å². The Morgan fingerprint density at radius 3 is 2.58 bits per heavy atom. The number of hydrogen-bond donors (Lipinski definition) is 1. The van der Waals surface area contributed by atoms with Crippen LogP contribution in [0.25, 0.3) is 0 Å². The summed E-state index contributed by atoms with van der Waals surface area (Å²) in [5.41, 5.74) is 2.62. The molecule has 0 fully saturated rings. The number of nitrogens with one attached hydrogen (secondary N) is 1. The maximum absolute atomic E-state index is 4.30. The molecule has 1 aromatic rings. The molecule has 1 heterocycles. The molecule has 1 aromatic heterocycles. The van der Waals surface area contributed by atoms with Gasteiger partial charge < -0.3 is 10.2 Å². The van der Waals surface area contributed by atoms with Crippen molar-refractivity contribution in [1.29, 1.82) is 0 Å². The highest BCUT2D eigenvalue weighted by atomic mass is 15.2. The Bertz CT molecular complexity index is 363. The zero-order valence-corrected chi connectivity index (χ0v) is 13.1. The van der Waals surface area contributed by atoms with Crippen LogP contribution in [0.15, 0.2) is 18.5 Å². The molecule has 0 aliphatic rings. The first-order chi connectivity index (χ1) is 9.10. The van der Waals surface area contributed by atoms with E-state index in [4.69, 9.17) is 0 Å². The van der Waals surface area contributed by atoms with Gasteiger partial charge in [-0.25, -0.2) is 0 Å². The third kappa shape index (κ3) is 4.83. The molecule has 1 rings (SSSR count). The van der Waals surface area contributed by atoms with E-state index in [9.17, 15) is 0 Å². The Morgan fingerprint density at radius 1 is 1.26 bits per heavy atom. The lowest BCUT2D eigenvalue weighted by molar-refractivity contribution is 0.550. The fraction of sp³-hybridized carbons (Fsp3) is 0.688. The van der Waals surface area contributed by atoms with Crippen LogP contribution in [-0.4, -0.2) is 24.1 Å². The van der Waals surface area contributed by atoms with Crippen molar-refractivity contribution >= 4 is 5.69 Å². The molecule has 3 nitrogen and oxygen atoms in total. The lowest BCUT2D eigenvalue weighted by Gasteiger charge is -2.31. The Kier molecular flexibility index (Phi) is 6.85. The summed E-state index contributed by atoms with van der Waals surface area (Å²) in [6.07, 6.45) is 5.05. The van der Waals surface area contributed by atoms with Gasteiger partial charge in [0.05, 0.1) is 11.9 Å². The van der Waals surface area contributed by atoms with E-state index in [-0.39, 0.29) is 0 Å². The van der Waals surface area contributed by atoms with E-state index in [1.165, 1.54) is 11.3 Å². The number of nitrogens with zero attached hydrogens (tertiary/aromatic N) is 2. The van der Waals surface area contributed by atoms with Crippen molar-refractivity contribution in [2.24, 2.45) is 5.92 Å². The molecule has 0 saturated heterocycles. The highest BCUT2D eigenvalue weighted by Gasteiger charge is 2.14. The summed E-state index contributed by atoms with van der Waals surface area (Å²) in [7, 11) is 0. The lowest BCUT2D eigenvalue weighted by Crippen LogP contribution is -2.33. The van der Waals surface area contributed by atoms with E-state index < -0.39 is 0 Å². The number of pyridine rings is 1. The number of hydrogen-bond acceptors (Lipinski definition) is 3. The van der Waals surface area contributed by atoms with Crippen LogP contribution in [0.5, 0.6) is 0 Å². The quantitative estimate of drug-likeness (QED) is 0.778. The van der Waals surface area contributed by atoms with Gasteiger partial charge in [-0.2, -0.15) is 0 Å². The summed E-state index contributed by atoms with van der Waals surface area (Å²) in [6.45, 7) is 14.2. The zero-order chi connectivity index (χ0) is 14.3. The molecule has 0 saturated carbocycles. The molecule has 0 radical (unpaired) electrons. The first-order valence-corrected chi connectivity index (χ1v) is 7.50. The number of aromatic nitrogens is 1. The van der Waals surface area contributed by atoms with Gasteiger partial charge in [-0.1, -0.05) is 20.8 Å². The van der Waals surface area contributed by atoms with Crippen LogP contribution in [0, 0.1) is 5.92 Å². The van der Waals surface area contributed by atoms with Gasteiger partial charge >= 0.3 is 0 Å².